The molecule has 4 rings (SSSR count). The number of rotatable bonds is 52. The van der Waals surface area contributed by atoms with Crippen molar-refractivity contribution in [3.8, 4) is 0 Å². The normalized spacial score (nSPS) is 21.5. The predicted octanol–water partition coefficient (Wildman–Crippen LogP) is 13.8. The number of carbonyl (C=O) groups excluding carboxylic acids is 8. The average Bonchev–Trinajstić information content (AvgIpc) is 1.71. The highest BCUT2D eigenvalue weighted by Crippen LogP contribution is 2.36. The number of unbranched alkanes of at least 4 members (excludes halogenated alkanes) is 8. The summed E-state index contributed by atoms with van der Waals surface area (Å²) in [6, 6.07) is 0. The van der Waals surface area contributed by atoms with Gasteiger partial charge < -0.3 is 52.6 Å². The second-order valence-electron chi connectivity index (χ2n) is 28.1. The van der Waals surface area contributed by atoms with E-state index in [0.717, 1.165) is 116 Å². The van der Waals surface area contributed by atoms with E-state index in [9.17, 15) is 38.4 Å². The smallest absolute Gasteiger partial charge is 0.309 e. The third kappa shape index (κ3) is 38.0. The van der Waals surface area contributed by atoms with Crippen molar-refractivity contribution >= 4 is 47.8 Å². The van der Waals surface area contributed by atoms with Crippen molar-refractivity contribution in [3.63, 3.8) is 0 Å². The van der Waals surface area contributed by atoms with Crippen LogP contribution in [-0.4, -0.2) is 175 Å². The van der Waals surface area contributed by atoms with Gasteiger partial charge in [-0.05, 0) is 172 Å². The zero-order valence-corrected chi connectivity index (χ0v) is 59.7. The van der Waals surface area contributed by atoms with Gasteiger partial charge in [-0.1, -0.05) is 130 Å². The van der Waals surface area contributed by atoms with Crippen molar-refractivity contribution in [2.24, 2.45) is 47.3 Å². The van der Waals surface area contributed by atoms with Crippen LogP contribution in [0.2, 0.25) is 0 Å². The molecule has 542 valence electrons. The summed E-state index contributed by atoms with van der Waals surface area (Å²) in [4.78, 5) is 110. The van der Waals surface area contributed by atoms with Gasteiger partial charge in [0.1, 0.15) is 52.9 Å². The van der Waals surface area contributed by atoms with Gasteiger partial charge in [0.2, 0.25) is 0 Å². The summed E-state index contributed by atoms with van der Waals surface area (Å²) in [7, 11) is 2.02. The van der Waals surface area contributed by atoms with E-state index in [4.69, 9.17) is 37.9 Å². The van der Waals surface area contributed by atoms with Gasteiger partial charge in [-0.3, -0.25) is 38.4 Å². The van der Waals surface area contributed by atoms with Crippen molar-refractivity contribution in [2.75, 3.05) is 112 Å². The van der Waals surface area contributed by atoms with Crippen LogP contribution in [0.5, 0.6) is 0 Å². The molecule has 4 aliphatic rings. The molecule has 0 aromatic heterocycles. The quantitative estimate of drug-likeness (QED) is 0.0314. The Hall–Kier alpha value is -4.36. The molecular weight excluding hydrogens is 1200 g/mol. The molecule has 4 saturated carbocycles. The first kappa shape index (κ1) is 82.1. The third-order valence-electron chi connectivity index (χ3n) is 20.5. The summed E-state index contributed by atoms with van der Waals surface area (Å²) in [6.07, 6.45) is 36.6. The highest BCUT2D eigenvalue weighted by molar-refractivity contribution is 5.74. The molecule has 94 heavy (non-hydrogen) atoms. The molecule has 4 aliphatic carbocycles. The van der Waals surface area contributed by atoms with Crippen molar-refractivity contribution in [1.29, 1.82) is 0 Å². The van der Waals surface area contributed by atoms with E-state index in [1.54, 1.807) is 0 Å². The molecule has 0 amide bonds. The largest absolute Gasteiger partial charge is 0.462 e. The highest BCUT2D eigenvalue weighted by Gasteiger charge is 2.31. The molecule has 0 aromatic carbocycles. The van der Waals surface area contributed by atoms with Gasteiger partial charge in [0, 0.05) is 26.2 Å². The summed E-state index contributed by atoms with van der Waals surface area (Å²) in [5.41, 5.74) is 0. The zero-order chi connectivity index (χ0) is 67.8. The molecule has 19 heteroatoms. The van der Waals surface area contributed by atoms with Crippen LogP contribution in [0.15, 0.2) is 0 Å². The molecule has 4 fully saturated rings. The molecule has 0 spiro atoms. The van der Waals surface area contributed by atoms with Crippen molar-refractivity contribution in [2.45, 2.75) is 272 Å². The van der Waals surface area contributed by atoms with E-state index < -0.39 is 23.9 Å². The summed E-state index contributed by atoms with van der Waals surface area (Å²) in [5.74, 6) is -0.219. The minimum absolute atomic E-state index is 0.00906. The van der Waals surface area contributed by atoms with Gasteiger partial charge in [0.15, 0.2) is 0 Å². The van der Waals surface area contributed by atoms with Crippen molar-refractivity contribution in [1.82, 2.24) is 14.7 Å². The van der Waals surface area contributed by atoms with Crippen LogP contribution in [0.25, 0.3) is 0 Å². The minimum Gasteiger partial charge on any atom is -0.462 e. The molecule has 0 bridgehead atoms. The topological polar surface area (TPSA) is 220 Å². The van der Waals surface area contributed by atoms with Crippen LogP contribution in [0.1, 0.15) is 272 Å². The lowest BCUT2D eigenvalue weighted by Gasteiger charge is -2.27. The molecule has 0 aliphatic heterocycles. The Labute approximate surface area is 567 Å². The molecule has 0 aromatic rings. The van der Waals surface area contributed by atoms with E-state index in [2.05, 4.69) is 32.6 Å². The second kappa shape index (κ2) is 51.8. The predicted molar refractivity (Wildman–Crippen MR) is 364 cm³/mol. The van der Waals surface area contributed by atoms with Crippen LogP contribution < -0.4 is 0 Å². The summed E-state index contributed by atoms with van der Waals surface area (Å²) < 4.78 is 44.2. The average molecular weight is 1330 g/mol. The highest BCUT2D eigenvalue weighted by atomic mass is 16.6. The minimum atomic E-state index is -0.422. The molecule has 0 unspecified atom stereocenters. The molecule has 0 atom stereocenters. The molecule has 0 N–H and O–H groups in total. The Kier molecular flexibility index (Phi) is 45.2. The zero-order valence-electron chi connectivity index (χ0n) is 59.7. The first-order valence-corrected chi connectivity index (χ1v) is 38.1. The van der Waals surface area contributed by atoms with E-state index in [0.29, 0.717) is 76.0 Å². The fraction of sp³-hybridized carbons (Fsp3) is 0.893. The number of nitrogens with zero attached hydrogens (tertiary/aromatic N) is 3. The second-order valence-corrected chi connectivity index (χ2v) is 28.1. The van der Waals surface area contributed by atoms with Gasteiger partial charge in [-0.15, -0.1) is 0 Å². The lowest BCUT2D eigenvalue weighted by Crippen LogP contribution is -2.34. The van der Waals surface area contributed by atoms with E-state index in [1.807, 2.05) is 16.8 Å². The Morgan fingerprint density at radius 3 is 0.691 bits per heavy atom. The lowest BCUT2D eigenvalue weighted by atomic mass is 9.80. The molecular formula is C75H131N3O16. The lowest BCUT2D eigenvalue weighted by molar-refractivity contribution is -0.156. The van der Waals surface area contributed by atoms with Crippen LogP contribution >= 0.6 is 0 Å². The fourth-order valence-corrected chi connectivity index (χ4v) is 14.3. The van der Waals surface area contributed by atoms with Crippen LogP contribution in [0.3, 0.4) is 0 Å². The molecule has 0 heterocycles. The van der Waals surface area contributed by atoms with Gasteiger partial charge >= 0.3 is 47.8 Å². The maximum Gasteiger partial charge on any atom is 0.309 e. The first-order valence-electron chi connectivity index (χ1n) is 38.1. The monoisotopic (exact) mass is 1330 g/mol. The number of hydrogen-bond donors (Lipinski definition) is 0. The Balaban J connectivity index is 1.22. The van der Waals surface area contributed by atoms with Crippen molar-refractivity contribution in [3.05, 3.63) is 0 Å². The SMILES string of the molecule is CCCCCC1CCC(C(=O)OCCOC(=O)CCN(CCCN(C)CCCN(CCC(=O)OCCOC(=O)C2CCC(CCCCC)CC2)CCC(=O)OCCOC(=O)C2CCC(CCCCC)CC2)CCC(=O)OCCOC(=O)C2CCC(CCCCC)CC2)CC1. The number of esters is 8. The molecule has 0 saturated heterocycles. The van der Waals surface area contributed by atoms with Crippen LogP contribution in [0, 0.1) is 47.3 Å². The fourth-order valence-electron chi connectivity index (χ4n) is 14.3. The number of ether oxygens (including phenoxy) is 8. The first-order chi connectivity index (χ1) is 45.7. The maximum atomic E-state index is 13.0. The van der Waals surface area contributed by atoms with E-state index >= 15 is 0 Å². The Bertz CT molecular complexity index is 1790. The van der Waals surface area contributed by atoms with Gasteiger partial charge in [-0.2, -0.15) is 0 Å². The number of hydrogen-bond acceptors (Lipinski definition) is 19. The van der Waals surface area contributed by atoms with Crippen LogP contribution in [0.4, 0.5) is 0 Å². The van der Waals surface area contributed by atoms with Crippen LogP contribution in [-0.2, 0) is 76.3 Å². The maximum absolute atomic E-state index is 13.0. The van der Waals surface area contributed by atoms with Gasteiger partial charge in [0.05, 0.1) is 49.4 Å². The summed E-state index contributed by atoms with van der Waals surface area (Å²) in [6.45, 7) is 12.7. The van der Waals surface area contributed by atoms with E-state index in [-0.39, 0.29) is 126 Å². The Morgan fingerprint density at radius 2 is 0.479 bits per heavy atom. The number of carbonyl (C=O) groups is 8. The summed E-state index contributed by atoms with van der Waals surface area (Å²) in [5, 5.41) is 0. The van der Waals surface area contributed by atoms with Gasteiger partial charge in [0.25, 0.3) is 0 Å². The van der Waals surface area contributed by atoms with Crippen molar-refractivity contribution < 1.29 is 76.3 Å². The standard InChI is InChI=1S/C75H131N3O16/c1-6-10-14-20-60-24-32-64(33-25-60)72(83)91-56-52-87-68(79)40-48-77(49-41-69(80)88-53-57-92-73(84)65-34-26-61(27-35-65)21-15-11-7-2)46-18-44-76(5)45-19-47-78(50-42-70(81)89-54-58-93-74(85)66-36-28-62(29-37-66)22-16-12-8-3)51-43-71(82)90-55-59-94-75(86)67-38-30-63(31-39-67)23-17-13-9-4/h60-67H,6-59H2,1-5H3. The molecule has 0 radical (unpaired) electrons. The van der Waals surface area contributed by atoms with E-state index in [1.165, 1.54) is 103 Å². The van der Waals surface area contributed by atoms with Gasteiger partial charge in [-0.25, -0.2) is 0 Å². The Morgan fingerprint density at radius 1 is 0.266 bits per heavy atom. The third-order valence-corrected chi connectivity index (χ3v) is 20.5. The molecule has 19 nitrogen and oxygen atoms in total. The summed E-state index contributed by atoms with van der Waals surface area (Å²) >= 11 is 0.